The summed E-state index contributed by atoms with van der Waals surface area (Å²) in [5.74, 6) is 1.23. The second kappa shape index (κ2) is 8.08. The van der Waals surface area contributed by atoms with Crippen molar-refractivity contribution in [2.24, 2.45) is 0 Å². The molecule has 1 saturated carbocycles. The number of aromatic nitrogens is 1. The van der Waals surface area contributed by atoms with Crippen LogP contribution in [0.25, 0.3) is 10.9 Å². The lowest BCUT2D eigenvalue weighted by molar-refractivity contribution is -0.160. The maximum absolute atomic E-state index is 13.9. The van der Waals surface area contributed by atoms with Gasteiger partial charge in [0.25, 0.3) is 0 Å². The number of hydrogen-bond acceptors (Lipinski definition) is 4. The van der Waals surface area contributed by atoms with Gasteiger partial charge in [0.05, 0.1) is 14.2 Å². The Bertz CT molecular complexity index is 1280. The fourth-order valence-electron chi connectivity index (χ4n) is 6.26. The molecule has 3 aliphatic rings. The Morgan fingerprint density at radius 1 is 0.971 bits per heavy atom. The molecule has 3 heterocycles. The first-order chi connectivity index (χ1) is 16.6. The van der Waals surface area contributed by atoms with Gasteiger partial charge < -0.3 is 24.3 Å². The second-order valence-corrected chi connectivity index (χ2v) is 9.47. The van der Waals surface area contributed by atoms with Gasteiger partial charge >= 0.3 is 0 Å². The molecule has 2 amide bonds. The van der Waals surface area contributed by atoms with Crippen LogP contribution in [0.4, 0.5) is 0 Å². The Labute approximate surface area is 198 Å². The molecule has 1 aromatic heterocycles. The van der Waals surface area contributed by atoms with Gasteiger partial charge in [-0.15, -0.1) is 0 Å². The lowest BCUT2D eigenvalue weighted by Gasteiger charge is -2.48. The number of hydrogen-bond donors (Lipinski definition) is 1. The van der Waals surface area contributed by atoms with Crippen LogP contribution in [-0.2, 0) is 16.0 Å². The molecule has 1 saturated heterocycles. The van der Waals surface area contributed by atoms with E-state index in [0.29, 0.717) is 17.9 Å². The number of fused-ring (bicyclic) bond motifs is 4. The van der Waals surface area contributed by atoms with E-state index in [0.717, 1.165) is 53.4 Å². The largest absolute Gasteiger partial charge is 0.493 e. The number of amides is 2. The average molecular weight is 460 g/mol. The Balaban J connectivity index is 1.55. The molecule has 0 spiro atoms. The lowest BCUT2D eigenvalue weighted by atomic mass is 9.85. The molecule has 176 valence electrons. The zero-order valence-corrected chi connectivity index (χ0v) is 19.5. The Hall–Kier alpha value is -3.48. The summed E-state index contributed by atoms with van der Waals surface area (Å²) in [7, 11) is 3.22. The number of methoxy groups -OCH3 is 2. The van der Waals surface area contributed by atoms with Crippen LogP contribution in [0.15, 0.2) is 42.5 Å². The van der Waals surface area contributed by atoms with E-state index in [1.807, 2.05) is 41.3 Å². The molecular formula is C27H29N3O4. The van der Waals surface area contributed by atoms with Crippen LogP contribution in [0.2, 0.25) is 0 Å². The predicted molar refractivity (Wildman–Crippen MR) is 128 cm³/mol. The highest BCUT2D eigenvalue weighted by Crippen LogP contribution is 2.47. The number of H-pyrrole nitrogens is 1. The van der Waals surface area contributed by atoms with E-state index in [2.05, 4.69) is 11.1 Å². The minimum absolute atomic E-state index is 0.0179. The maximum Gasteiger partial charge on any atom is 0.246 e. The summed E-state index contributed by atoms with van der Waals surface area (Å²) in [5.41, 5.74) is 3.86. The summed E-state index contributed by atoms with van der Waals surface area (Å²) in [6.45, 7) is 0.137. The molecular weight excluding hydrogens is 430 g/mol. The van der Waals surface area contributed by atoms with E-state index in [4.69, 9.17) is 9.47 Å². The van der Waals surface area contributed by atoms with Crippen molar-refractivity contribution in [3.63, 3.8) is 0 Å². The van der Waals surface area contributed by atoms with Gasteiger partial charge in [-0.25, -0.2) is 0 Å². The standard InChI is InChI=1S/C27H29N3O4/c1-33-22-13-7-11-18(26(22)34-2)25-24-19(17-10-5-6-12-20(17)28-24)14-21-27(32)29(15-23(31)30(21)25)16-8-3-4-9-16/h5-7,10-13,16,21,25,28H,3-4,8-9,14-15H2,1-2H3/t21-,25+/m0/s1. The molecule has 7 heteroatoms. The van der Waals surface area contributed by atoms with E-state index >= 15 is 0 Å². The van der Waals surface area contributed by atoms with E-state index in [9.17, 15) is 9.59 Å². The van der Waals surface area contributed by atoms with Crippen molar-refractivity contribution in [2.45, 2.75) is 50.2 Å². The number of para-hydroxylation sites is 2. The van der Waals surface area contributed by atoms with Gasteiger partial charge in [-0.3, -0.25) is 9.59 Å². The fraction of sp³-hybridized carbons (Fsp3) is 0.407. The van der Waals surface area contributed by atoms with Crippen LogP contribution < -0.4 is 9.47 Å². The van der Waals surface area contributed by atoms with Crippen molar-refractivity contribution in [1.82, 2.24) is 14.8 Å². The summed E-state index contributed by atoms with van der Waals surface area (Å²) < 4.78 is 11.4. The molecule has 1 N–H and O–H groups in total. The first-order valence-corrected chi connectivity index (χ1v) is 12.0. The molecule has 0 bridgehead atoms. The highest BCUT2D eigenvalue weighted by Gasteiger charge is 2.50. The molecule has 6 rings (SSSR count). The summed E-state index contributed by atoms with van der Waals surface area (Å²) in [6, 6.07) is 13.0. The molecule has 2 aromatic carbocycles. The van der Waals surface area contributed by atoms with E-state index in [1.165, 1.54) is 0 Å². The van der Waals surface area contributed by atoms with E-state index in [-0.39, 0.29) is 24.4 Å². The fourth-order valence-corrected chi connectivity index (χ4v) is 6.26. The minimum atomic E-state index is -0.533. The maximum atomic E-state index is 13.9. The third-order valence-corrected chi connectivity index (χ3v) is 7.79. The number of carbonyl (C=O) groups excluding carboxylic acids is 2. The minimum Gasteiger partial charge on any atom is -0.493 e. The SMILES string of the molecule is COc1cccc([C@@H]2c3[nH]c4ccccc4c3C[C@H]3C(=O)N(C4CCCC4)CC(=O)N23)c1OC. The number of ether oxygens (including phenoxy) is 2. The van der Waals surface area contributed by atoms with Crippen molar-refractivity contribution in [2.75, 3.05) is 20.8 Å². The number of aromatic amines is 1. The first kappa shape index (κ1) is 21.1. The number of piperazine rings is 1. The van der Waals surface area contributed by atoms with Gasteiger partial charge in [-0.1, -0.05) is 43.2 Å². The topological polar surface area (TPSA) is 74.9 Å². The normalized spacial score (nSPS) is 22.8. The molecule has 34 heavy (non-hydrogen) atoms. The number of nitrogens with zero attached hydrogens (tertiary/aromatic N) is 2. The molecule has 2 atom stereocenters. The molecule has 2 aliphatic heterocycles. The first-order valence-electron chi connectivity index (χ1n) is 12.0. The van der Waals surface area contributed by atoms with Crippen LogP contribution in [0.5, 0.6) is 11.5 Å². The zero-order valence-electron chi connectivity index (χ0n) is 19.5. The summed E-state index contributed by atoms with van der Waals surface area (Å²) in [4.78, 5) is 34.9. The number of rotatable bonds is 4. The third-order valence-electron chi connectivity index (χ3n) is 7.79. The van der Waals surface area contributed by atoms with Crippen LogP contribution in [0.1, 0.15) is 48.5 Å². The van der Waals surface area contributed by atoms with Crippen LogP contribution >= 0.6 is 0 Å². The van der Waals surface area contributed by atoms with Crippen molar-refractivity contribution < 1.29 is 19.1 Å². The van der Waals surface area contributed by atoms with Crippen molar-refractivity contribution in [1.29, 1.82) is 0 Å². The van der Waals surface area contributed by atoms with Crippen molar-refractivity contribution in [3.05, 3.63) is 59.3 Å². The zero-order chi connectivity index (χ0) is 23.4. The quantitative estimate of drug-likeness (QED) is 0.644. The Morgan fingerprint density at radius 3 is 2.53 bits per heavy atom. The average Bonchev–Trinajstić information content (AvgIpc) is 3.52. The van der Waals surface area contributed by atoms with Crippen LogP contribution in [0, 0.1) is 0 Å². The van der Waals surface area contributed by atoms with Crippen molar-refractivity contribution >= 4 is 22.7 Å². The molecule has 3 aromatic rings. The third kappa shape index (κ3) is 3.02. The molecule has 2 fully saturated rings. The highest BCUT2D eigenvalue weighted by atomic mass is 16.5. The lowest BCUT2D eigenvalue weighted by Crippen LogP contribution is -2.64. The number of benzene rings is 2. The molecule has 7 nitrogen and oxygen atoms in total. The molecule has 0 radical (unpaired) electrons. The number of nitrogens with one attached hydrogen (secondary N) is 1. The van der Waals surface area contributed by atoms with Crippen molar-refractivity contribution in [3.8, 4) is 11.5 Å². The predicted octanol–water partition coefficient (Wildman–Crippen LogP) is 3.81. The van der Waals surface area contributed by atoms with Gasteiger partial charge in [0.15, 0.2) is 11.5 Å². The smallest absolute Gasteiger partial charge is 0.246 e. The van der Waals surface area contributed by atoms with Gasteiger partial charge in [0, 0.05) is 34.6 Å². The Kier molecular flexibility index (Phi) is 5.01. The van der Waals surface area contributed by atoms with Gasteiger partial charge in [-0.2, -0.15) is 0 Å². The second-order valence-electron chi connectivity index (χ2n) is 9.47. The van der Waals surface area contributed by atoms with E-state index in [1.54, 1.807) is 19.1 Å². The monoisotopic (exact) mass is 459 g/mol. The number of carbonyl (C=O) groups is 2. The summed E-state index contributed by atoms with van der Waals surface area (Å²) in [5, 5.41) is 1.10. The molecule has 1 aliphatic carbocycles. The highest BCUT2D eigenvalue weighted by molar-refractivity contribution is 5.98. The van der Waals surface area contributed by atoms with Crippen LogP contribution in [0.3, 0.4) is 0 Å². The van der Waals surface area contributed by atoms with Gasteiger partial charge in [0.1, 0.15) is 18.6 Å². The molecule has 0 unspecified atom stereocenters. The Morgan fingerprint density at radius 2 is 1.76 bits per heavy atom. The van der Waals surface area contributed by atoms with Gasteiger partial charge in [-0.05, 0) is 30.5 Å². The summed E-state index contributed by atoms with van der Waals surface area (Å²) >= 11 is 0. The van der Waals surface area contributed by atoms with Gasteiger partial charge in [0.2, 0.25) is 11.8 Å². The van der Waals surface area contributed by atoms with E-state index < -0.39 is 12.1 Å². The summed E-state index contributed by atoms with van der Waals surface area (Å²) in [6.07, 6.45) is 4.71. The van der Waals surface area contributed by atoms with Crippen LogP contribution in [-0.4, -0.2) is 59.4 Å².